The number of carbonyl (C=O) groups excluding carboxylic acids is 1. The maximum absolute atomic E-state index is 10.8. The van der Waals surface area contributed by atoms with Crippen molar-refractivity contribution >= 4 is 23.2 Å². The third-order valence-corrected chi connectivity index (χ3v) is 2.97. The third-order valence-electron chi connectivity index (χ3n) is 2.03. The molecule has 0 aliphatic rings. The second kappa shape index (κ2) is 7.03. The van der Waals surface area contributed by atoms with E-state index in [2.05, 4.69) is 5.32 Å². The number of ether oxygens (including phenoxy) is 1. The van der Waals surface area contributed by atoms with Crippen molar-refractivity contribution in [3.63, 3.8) is 0 Å². The van der Waals surface area contributed by atoms with Crippen LogP contribution in [0.5, 0.6) is 0 Å². The van der Waals surface area contributed by atoms with Gasteiger partial charge in [0.05, 0.1) is 13.2 Å². The van der Waals surface area contributed by atoms with Crippen molar-refractivity contribution < 1.29 is 19.4 Å². The Morgan fingerprint density at radius 3 is 2.88 bits per heavy atom. The Morgan fingerprint density at radius 2 is 2.35 bits per heavy atom. The SMILES string of the molecule is CC(=O)NC(COCCc1cccs1)C(=O)O. The minimum absolute atomic E-state index is 0.0136. The highest BCUT2D eigenvalue weighted by Gasteiger charge is 2.18. The fourth-order valence-electron chi connectivity index (χ4n) is 1.25. The van der Waals surface area contributed by atoms with Gasteiger partial charge in [0.1, 0.15) is 0 Å². The monoisotopic (exact) mass is 257 g/mol. The highest BCUT2D eigenvalue weighted by atomic mass is 32.1. The molecule has 5 nitrogen and oxygen atoms in total. The molecule has 94 valence electrons. The lowest BCUT2D eigenvalue weighted by Gasteiger charge is -2.13. The molecule has 0 spiro atoms. The summed E-state index contributed by atoms with van der Waals surface area (Å²) in [6.45, 7) is 1.71. The molecule has 1 atom stereocenters. The first kappa shape index (κ1) is 13.7. The van der Waals surface area contributed by atoms with Crippen molar-refractivity contribution in [3.05, 3.63) is 22.4 Å². The summed E-state index contributed by atoms with van der Waals surface area (Å²) >= 11 is 1.63. The zero-order chi connectivity index (χ0) is 12.7. The molecule has 0 bridgehead atoms. The quantitative estimate of drug-likeness (QED) is 0.711. The minimum Gasteiger partial charge on any atom is -0.480 e. The summed E-state index contributed by atoms with van der Waals surface area (Å²) in [5, 5.41) is 13.1. The van der Waals surface area contributed by atoms with E-state index in [0.717, 1.165) is 6.42 Å². The van der Waals surface area contributed by atoms with Crippen molar-refractivity contribution in [2.75, 3.05) is 13.2 Å². The number of nitrogens with one attached hydrogen (secondary N) is 1. The fraction of sp³-hybridized carbons (Fsp3) is 0.455. The van der Waals surface area contributed by atoms with Crippen LogP contribution in [0.2, 0.25) is 0 Å². The molecule has 2 N–H and O–H groups in total. The van der Waals surface area contributed by atoms with Crippen LogP contribution in [0.25, 0.3) is 0 Å². The molecule has 0 aliphatic carbocycles. The smallest absolute Gasteiger partial charge is 0.328 e. The Hall–Kier alpha value is -1.40. The number of rotatable bonds is 7. The number of carboxylic acids is 1. The summed E-state index contributed by atoms with van der Waals surface area (Å²) in [5.41, 5.74) is 0. The standard InChI is InChI=1S/C11H15NO4S/c1-8(13)12-10(11(14)15)7-16-5-4-9-3-2-6-17-9/h2-3,6,10H,4-5,7H2,1H3,(H,12,13)(H,14,15). The molecule has 6 heteroatoms. The van der Waals surface area contributed by atoms with Gasteiger partial charge in [-0.05, 0) is 11.4 Å². The summed E-state index contributed by atoms with van der Waals surface area (Å²) in [4.78, 5) is 22.7. The highest BCUT2D eigenvalue weighted by Crippen LogP contribution is 2.08. The Labute approximate surface area is 103 Å². The lowest BCUT2D eigenvalue weighted by molar-refractivity contribution is -0.143. The van der Waals surface area contributed by atoms with Gasteiger partial charge in [-0.25, -0.2) is 4.79 Å². The number of thiophene rings is 1. The highest BCUT2D eigenvalue weighted by molar-refractivity contribution is 7.09. The predicted octanol–water partition coefficient (Wildman–Crippen LogP) is 0.896. The van der Waals surface area contributed by atoms with Gasteiger partial charge in [0.15, 0.2) is 6.04 Å². The van der Waals surface area contributed by atoms with E-state index in [1.165, 1.54) is 11.8 Å². The molecular formula is C11H15NO4S. The molecule has 0 saturated carbocycles. The van der Waals surface area contributed by atoms with Crippen LogP contribution in [0.15, 0.2) is 17.5 Å². The van der Waals surface area contributed by atoms with Gasteiger partial charge in [-0.3, -0.25) is 4.79 Å². The molecule has 1 unspecified atom stereocenters. The zero-order valence-corrected chi connectivity index (χ0v) is 10.3. The molecule has 0 fully saturated rings. The summed E-state index contributed by atoms with van der Waals surface area (Å²) in [6, 6.07) is 2.98. The van der Waals surface area contributed by atoms with Gasteiger partial charge in [0.2, 0.25) is 5.91 Å². The van der Waals surface area contributed by atoms with E-state index in [-0.39, 0.29) is 12.5 Å². The second-order valence-corrected chi connectivity index (χ2v) is 4.53. The molecular weight excluding hydrogens is 242 g/mol. The van der Waals surface area contributed by atoms with Crippen molar-refractivity contribution in [2.45, 2.75) is 19.4 Å². The van der Waals surface area contributed by atoms with E-state index in [0.29, 0.717) is 6.61 Å². The lowest BCUT2D eigenvalue weighted by atomic mass is 10.3. The van der Waals surface area contributed by atoms with Crippen molar-refractivity contribution in [3.8, 4) is 0 Å². The van der Waals surface area contributed by atoms with Crippen LogP contribution < -0.4 is 5.32 Å². The Morgan fingerprint density at radius 1 is 1.59 bits per heavy atom. The molecule has 1 heterocycles. The molecule has 1 amide bonds. The first-order chi connectivity index (χ1) is 8.09. The van der Waals surface area contributed by atoms with Crippen molar-refractivity contribution in [2.24, 2.45) is 0 Å². The third kappa shape index (κ3) is 5.46. The van der Waals surface area contributed by atoms with Gasteiger partial charge < -0.3 is 15.2 Å². The first-order valence-electron chi connectivity index (χ1n) is 5.19. The van der Waals surface area contributed by atoms with Crippen molar-refractivity contribution in [1.29, 1.82) is 0 Å². The molecule has 17 heavy (non-hydrogen) atoms. The van der Waals surface area contributed by atoms with Crippen LogP contribution in [0, 0.1) is 0 Å². The van der Waals surface area contributed by atoms with E-state index in [1.54, 1.807) is 11.3 Å². The van der Waals surface area contributed by atoms with Crippen LogP contribution in [-0.2, 0) is 20.7 Å². The van der Waals surface area contributed by atoms with Gasteiger partial charge in [-0.2, -0.15) is 0 Å². The normalized spacial score (nSPS) is 12.1. The fourth-order valence-corrected chi connectivity index (χ4v) is 1.94. The van der Waals surface area contributed by atoms with Gasteiger partial charge in [0, 0.05) is 18.2 Å². The van der Waals surface area contributed by atoms with Crippen molar-refractivity contribution in [1.82, 2.24) is 5.32 Å². The van der Waals surface area contributed by atoms with E-state index >= 15 is 0 Å². The average Bonchev–Trinajstić information content (AvgIpc) is 2.74. The molecule has 0 saturated heterocycles. The maximum Gasteiger partial charge on any atom is 0.328 e. The van der Waals surface area contributed by atoms with E-state index in [4.69, 9.17) is 9.84 Å². The molecule has 1 rings (SSSR count). The number of hydrogen-bond acceptors (Lipinski definition) is 4. The summed E-state index contributed by atoms with van der Waals surface area (Å²) in [5.74, 6) is -1.46. The molecule has 1 aromatic heterocycles. The van der Waals surface area contributed by atoms with Crippen LogP contribution in [0.1, 0.15) is 11.8 Å². The van der Waals surface area contributed by atoms with E-state index in [1.807, 2.05) is 17.5 Å². The molecule has 1 aromatic rings. The van der Waals surface area contributed by atoms with Gasteiger partial charge in [-0.15, -0.1) is 11.3 Å². The van der Waals surface area contributed by atoms with Crippen LogP contribution in [0.4, 0.5) is 0 Å². The Balaban J connectivity index is 2.23. The van der Waals surface area contributed by atoms with Gasteiger partial charge >= 0.3 is 5.97 Å². The van der Waals surface area contributed by atoms with E-state index < -0.39 is 12.0 Å². The van der Waals surface area contributed by atoms with Crippen LogP contribution in [-0.4, -0.2) is 36.2 Å². The van der Waals surface area contributed by atoms with Gasteiger partial charge in [-0.1, -0.05) is 6.07 Å². The predicted molar refractivity (Wildman–Crippen MR) is 64.1 cm³/mol. The van der Waals surface area contributed by atoms with E-state index in [9.17, 15) is 9.59 Å². The second-order valence-electron chi connectivity index (χ2n) is 3.50. The average molecular weight is 257 g/mol. The minimum atomic E-state index is -1.09. The number of carbonyl (C=O) groups is 2. The largest absolute Gasteiger partial charge is 0.480 e. The zero-order valence-electron chi connectivity index (χ0n) is 9.51. The van der Waals surface area contributed by atoms with Crippen LogP contribution >= 0.6 is 11.3 Å². The molecule has 0 aromatic carbocycles. The lowest BCUT2D eigenvalue weighted by Crippen LogP contribution is -2.43. The van der Waals surface area contributed by atoms with Gasteiger partial charge in [0.25, 0.3) is 0 Å². The Bertz CT molecular complexity index is 364. The number of hydrogen-bond donors (Lipinski definition) is 2. The topological polar surface area (TPSA) is 75.6 Å². The summed E-state index contributed by atoms with van der Waals surface area (Å²) in [6.07, 6.45) is 0.754. The van der Waals surface area contributed by atoms with Crippen LogP contribution in [0.3, 0.4) is 0 Å². The number of carboxylic acid groups (broad SMARTS) is 1. The number of amides is 1. The molecule has 0 radical (unpaired) electrons. The number of aliphatic carboxylic acids is 1. The Kier molecular flexibility index (Phi) is 5.65. The molecule has 0 aliphatic heterocycles. The first-order valence-corrected chi connectivity index (χ1v) is 6.07. The maximum atomic E-state index is 10.8. The summed E-state index contributed by atoms with van der Waals surface area (Å²) < 4.78 is 5.24. The summed E-state index contributed by atoms with van der Waals surface area (Å²) in [7, 11) is 0.